The molecular formula is C13H17NO5. The Balaban J connectivity index is 2.82. The van der Waals surface area contributed by atoms with Crippen LogP contribution in [0.1, 0.15) is 28.9 Å². The molecular weight excluding hydrogens is 250 g/mol. The molecule has 6 nitrogen and oxygen atoms in total. The minimum atomic E-state index is -1.13. The van der Waals surface area contributed by atoms with E-state index in [4.69, 9.17) is 5.73 Å². The van der Waals surface area contributed by atoms with Crippen molar-refractivity contribution in [2.24, 2.45) is 5.73 Å². The third-order valence-electron chi connectivity index (χ3n) is 2.58. The second-order valence-electron chi connectivity index (χ2n) is 3.92. The van der Waals surface area contributed by atoms with Crippen LogP contribution >= 0.6 is 0 Å². The van der Waals surface area contributed by atoms with Gasteiger partial charge >= 0.3 is 5.97 Å². The fourth-order valence-corrected chi connectivity index (χ4v) is 1.50. The number of carbonyl (C=O) groups is 2. The number of ketones is 1. The maximum atomic E-state index is 11.6. The number of carbonyl (C=O) groups excluding carboxylic acids is 2. The van der Waals surface area contributed by atoms with Gasteiger partial charge < -0.3 is 20.7 Å². The molecule has 0 radical (unpaired) electrons. The van der Waals surface area contributed by atoms with Crippen molar-refractivity contribution in [1.29, 1.82) is 0 Å². The van der Waals surface area contributed by atoms with Crippen molar-refractivity contribution in [2.45, 2.75) is 19.1 Å². The van der Waals surface area contributed by atoms with Gasteiger partial charge in [0.25, 0.3) is 5.78 Å². The number of benzene rings is 1. The van der Waals surface area contributed by atoms with Crippen molar-refractivity contribution >= 4 is 11.8 Å². The minimum absolute atomic E-state index is 0.0787. The highest BCUT2D eigenvalue weighted by atomic mass is 16.5. The second kappa shape index (κ2) is 6.98. The number of hydrogen-bond acceptors (Lipinski definition) is 6. The SMILES string of the molecule is CCOC(=O)C(=O)c1ccc(C(O)C(O)CN)cc1. The van der Waals surface area contributed by atoms with Gasteiger partial charge in [-0.05, 0) is 12.5 Å². The second-order valence-corrected chi connectivity index (χ2v) is 3.92. The summed E-state index contributed by atoms with van der Waals surface area (Å²) in [6.07, 6.45) is -2.21. The topological polar surface area (TPSA) is 110 Å². The molecule has 0 aliphatic carbocycles. The summed E-state index contributed by atoms with van der Waals surface area (Å²) in [6, 6.07) is 5.69. The van der Waals surface area contributed by atoms with Gasteiger partial charge in [-0.15, -0.1) is 0 Å². The van der Waals surface area contributed by atoms with E-state index in [1.54, 1.807) is 6.92 Å². The van der Waals surface area contributed by atoms with E-state index in [1.165, 1.54) is 24.3 Å². The average Bonchev–Trinajstić information content (AvgIpc) is 2.45. The predicted molar refractivity (Wildman–Crippen MR) is 67.4 cm³/mol. The van der Waals surface area contributed by atoms with Crippen molar-refractivity contribution < 1.29 is 24.5 Å². The van der Waals surface area contributed by atoms with Gasteiger partial charge in [-0.2, -0.15) is 0 Å². The Morgan fingerprint density at radius 1 is 1.26 bits per heavy atom. The fourth-order valence-electron chi connectivity index (χ4n) is 1.50. The molecule has 1 aromatic rings. The molecule has 0 fully saturated rings. The molecule has 0 amide bonds. The average molecular weight is 267 g/mol. The number of rotatable bonds is 6. The standard InChI is InChI=1S/C13H17NO5/c1-2-19-13(18)12(17)9-5-3-8(4-6-9)11(16)10(15)7-14/h3-6,10-11,15-16H,2,7,14H2,1H3. The highest BCUT2D eigenvalue weighted by Crippen LogP contribution is 2.17. The van der Waals surface area contributed by atoms with E-state index >= 15 is 0 Å². The lowest BCUT2D eigenvalue weighted by atomic mass is 10.0. The van der Waals surface area contributed by atoms with Crippen LogP contribution in [0.15, 0.2) is 24.3 Å². The summed E-state index contributed by atoms with van der Waals surface area (Å²) in [6.45, 7) is 1.66. The first-order chi connectivity index (χ1) is 9.01. The van der Waals surface area contributed by atoms with Crippen molar-refractivity contribution in [3.8, 4) is 0 Å². The van der Waals surface area contributed by atoms with E-state index in [-0.39, 0.29) is 18.7 Å². The lowest BCUT2D eigenvalue weighted by Crippen LogP contribution is -2.27. The first kappa shape index (κ1) is 15.3. The van der Waals surface area contributed by atoms with Gasteiger partial charge in [-0.3, -0.25) is 4.79 Å². The van der Waals surface area contributed by atoms with Gasteiger partial charge in [0.15, 0.2) is 0 Å². The maximum absolute atomic E-state index is 11.6. The van der Waals surface area contributed by atoms with E-state index in [1.807, 2.05) is 0 Å². The molecule has 0 spiro atoms. The smallest absolute Gasteiger partial charge is 0.379 e. The lowest BCUT2D eigenvalue weighted by Gasteiger charge is -2.16. The van der Waals surface area contributed by atoms with Crippen molar-refractivity contribution in [1.82, 2.24) is 0 Å². The Hall–Kier alpha value is -1.76. The molecule has 0 heterocycles. The Bertz CT molecular complexity index is 443. The number of esters is 1. The van der Waals surface area contributed by atoms with Gasteiger partial charge in [0.05, 0.1) is 12.7 Å². The summed E-state index contributed by atoms with van der Waals surface area (Å²) in [4.78, 5) is 22.8. The van der Waals surface area contributed by atoms with Crippen LogP contribution in [0.3, 0.4) is 0 Å². The van der Waals surface area contributed by atoms with Gasteiger partial charge in [-0.25, -0.2) is 4.79 Å². The molecule has 1 aromatic carbocycles. The number of Topliss-reactive ketones (excluding diaryl/α,β-unsaturated/α-hetero) is 1. The van der Waals surface area contributed by atoms with Gasteiger partial charge in [-0.1, -0.05) is 24.3 Å². The van der Waals surface area contributed by atoms with E-state index in [0.29, 0.717) is 5.56 Å². The lowest BCUT2D eigenvalue weighted by molar-refractivity contribution is -0.137. The monoisotopic (exact) mass is 267 g/mol. The third kappa shape index (κ3) is 3.85. The highest BCUT2D eigenvalue weighted by molar-refractivity contribution is 6.40. The van der Waals surface area contributed by atoms with Gasteiger partial charge in [0.2, 0.25) is 0 Å². The highest BCUT2D eigenvalue weighted by Gasteiger charge is 2.20. The molecule has 0 bridgehead atoms. The van der Waals surface area contributed by atoms with Crippen molar-refractivity contribution in [3.05, 3.63) is 35.4 Å². The predicted octanol–water partition coefficient (Wildman–Crippen LogP) is -0.215. The molecule has 0 saturated heterocycles. The summed E-state index contributed by atoms with van der Waals surface area (Å²) in [7, 11) is 0. The first-order valence-corrected chi connectivity index (χ1v) is 5.88. The van der Waals surface area contributed by atoms with Crippen molar-refractivity contribution in [2.75, 3.05) is 13.2 Å². The molecule has 6 heteroatoms. The van der Waals surface area contributed by atoms with E-state index < -0.39 is 24.0 Å². The summed E-state index contributed by atoms with van der Waals surface area (Å²) in [5.74, 6) is -1.67. The summed E-state index contributed by atoms with van der Waals surface area (Å²) in [5, 5.41) is 19.1. The molecule has 0 aliphatic rings. The van der Waals surface area contributed by atoms with Crippen LogP contribution in [0.25, 0.3) is 0 Å². The Morgan fingerprint density at radius 2 is 1.84 bits per heavy atom. The van der Waals surface area contributed by atoms with Crippen LogP contribution in [0.5, 0.6) is 0 Å². The van der Waals surface area contributed by atoms with E-state index in [2.05, 4.69) is 4.74 Å². The molecule has 19 heavy (non-hydrogen) atoms. The van der Waals surface area contributed by atoms with Crippen molar-refractivity contribution in [3.63, 3.8) is 0 Å². The van der Waals surface area contributed by atoms with Crippen LogP contribution < -0.4 is 5.73 Å². The zero-order valence-electron chi connectivity index (χ0n) is 10.6. The molecule has 4 N–H and O–H groups in total. The summed E-state index contributed by atoms with van der Waals surface area (Å²) < 4.78 is 4.60. The molecule has 104 valence electrons. The maximum Gasteiger partial charge on any atom is 0.379 e. The van der Waals surface area contributed by atoms with E-state index in [9.17, 15) is 19.8 Å². The number of aliphatic hydroxyl groups excluding tert-OH is 2. The Morgan fingerprint density at radius 3 is 2.32 bits per heavy atom. The normalized spacial score (nSPS) is 13.7. The molecule has 2 atom stereocenters. The van der Waals surface area contributed by atoms with Crippen LogP contribution in [-0.4, -0.2) is 41.2 Å². The minimum Gasteiger partial charge on any atom is -0.460 e. The fraction of sp³-hybridized carbons (Fsp3) is 0.385. The van der Waals surface area contributed by atoms with Crippen LogP contribution in [-0.2, 0) is 9.53 Å². The molecule has 0 saturated carbocycles. The molecule has 0 aromatic heterocycles. The van der Waals surface area contributed by atoms with Crippen LogP contribution in [0, 0.1) is 0 Å². The first-order valence-electron chi connectivity index (χ1n) is 5.88. The Kier molecular flexibility index (Phi) is 5.62. The zero-order chi connectivity index (χ0) is 14.4. The van der Waals surface area contributed by atoms with Gasteiger partial charge in [0.1, 0.15) is 6.10 Å². The summed E-state index contributed by atoms with van der Waals surface area (Å²) >= 11 is 0. The van der Waals surface area contributed by atoms with Crippen LogP contribution in [0.2, 0.25) is 0 Å². The summed E-state index contributed by atoms with van der Waals surface area (Å²) in [5.41, 5.74) is 5.81. The van der Waals surface area contributed by atoms with E-state index in [0.717, 1.165) is 0 Å². The number of nitrogens with two attached hydrogens (primary N) is 1. The van der Waals surface area contributed by atoms with Gasteiger partial charge in [0, 0.05) is 12.1 Å². The molecule has 2 unspecified atom stereocenters. The quantitative estimate of drug-likeness (QED) is 0.373. The Labute approximate surface area is 110 Å². The third-order valence-corrected chi connectivity index (χ3v) is 2.58. The molecule has 0 aliphatic heterocycles. The zero-order valence-corrected chi connectivity index (χ0v) is 10.6. The largest absolute Gasteiger partial charge is 0.460 e. The number of hydrogen-bond donors (Lipinski definition) is 3. The number of aliphatic hydroxyl groups is 2. The van der Waals surface area contributed by atoms with Crippen LogP contribution in [0.4, 0.5) is 0 Å². The molecule has 1 rings (SSSR count). The number of ether oxygens (including phenoxy) is 1.